The van der Waals surface area contributed by atoms with Crippen LogP contribution in [0.5, 0.6) is 0 Å². The zero-order valence-electron chi connectivity index (χ0n) is 14.3. The summed E-state index contributed by atoms with van der Waals surface area (Å²) in [5.41, 5.74) is 0.174. The van der Waals surface area contributed by atoms with E-state index in [1.54, 1.807) is 0 Å². The van der Waals surface area contributed by atoms with Gasteiger partial charge in [0.25, 0.3) is 0 Å². The highest BCUT2D eigenvalue weighted by Gasteiger charge is 2.32. The van der Waals surface area contributed by atoms with Crippen molar-refractivity contribution in [3.05, 3.63) is 29.8 Å². The van der Waals surface area contributed by atoms with Gasteiger partial charge in [-0.25, -0.2) is 13.2 Å². The molecule has 0 radical (unpaired) electrons. The van der Waals surface area contributed by atoms with Crippen LogP contribution in [0.1, 0.15) is 37.0 Å². The van der Waals surface area contributed by atoms with Crippen molar-refractivity contribution in [2.45, 2.75) is 43.8 Å². The third kappa shape index (κ3) is 5.01. The second-order valence-corrected chi connectivity index (χ2v) is 7.94. The van der Waals surface area contributed by atoms with Crippen LogP contribution in [-0.4, -0.2) is 50.6 Å². The highest BCUT2D eigenvalue weighted by molar-refractivity contribution is 7.89. The van der Waals surface area contributed by atoms with E-state index in [1.807, 2.05) is 19.9 Å². The Kier molecular flexibility index (Phi) is 6.53. The lowest BCUT2D eigenvalue weighted by molar-refractivity contribution is -0.0440. The van der Waals surface area contributed by atoms with Gasteiger partial charge in [-0.2, -0.15) is 9.57 Å². The molecule has 1 saturated heterocycles. The lowest BCUT2D eigenvalue weighted by atomic mass is 10.2. The van der Waals surface area contributed by atoms with E-state index in [1.165, 1.54) is 28.6 Å². The molecule has 2 unspecified atom stereocenters. The first kappa shape index (κ1) is 19.4. The zero-order valence-corrected chi connectivity index (χ0v) is 15.2. The SMILES string of the molecule is CC1CN(S(=O)(=O)c2cccc(C(=O)OCCCC#N)c2)CC(C)O1. The fourth-order valence-corrected chi connectivity index (χ4v) is 4.30. The van der Waals surface area contributed by atoms with E-state index in [0.717, 1.165) is 0 Å². The third-order valence-corrected chi connectivity index (χ3v) is 5.59. The summed E-state index contributed by atoms with van der Waals surface area (Å²) in [4.78, 5) is 12.1. The molecule has 0 saturated carbocycles. The molecular weight excluding hydrogens is 344 g/mol. The highest BCUT2D eigenvalue weighted by atomic mass is 32.2. The minimum atomic E-state index is -3.71. The predicted octanol–water partition coefficient (Wildman–Crippen LogP) is 1.95. The van der Waals surface area contributed by atoms with Crippen molar-refractivity contribution in [2.24, 2.45) is 0 Å². The molecule has 2 atom stereocenters. The second-order valence-electron chi connectivity index (χ2n) is 6.00. The average molecular weight is 366 g/mol. The number of sulfonamides is 1. The van der Waals surface area contributed by atoms with Gasteiger partial charge in [-0.3, -0.25) is 0 Å². The molecule has 1 aromatic carbocycles. The van der Waals surface area contributed by atoms with E-state index in [0.29, 0.717) is 12.8 Å². The normalized spacial score (nSPS) is 21.5. The van der Waals surface area contributed by atoms with E-state index in [4.69, 9.17) is 14.7 Å². The maximum absolute atomic E-state index is 12.8. The van der Waals surface area contributed by atoms with Crippen molar-refractivity contribution < 1.29 is 22.7 Å². The minimum Gasteiger partial charge on any atom is -0.462 e. The van der Waals surface area contributed by atoms with Gasteiger partial charge in [-0.05, 0) is 38.5 Å². The first-order valence-electron chi connectivity index (χ1n) is 8.14. The van der Waals surface area contributed by atoms with Gasteiger partial charge in [0.05, 0.1) is 35.3 Å². The summed E-state index contributed by atoms with van der Waals surface area (Å²) in [6.45, 7) is 4.33. The van der Waals surface area contributed by atoms with E-state index in [9.17, 15) is 13.2 Å². The van der Waals surface area contributed by atoms with Gasteiger partial charge in [0.2, 0.25) is 10.0 Å². The van der Waals surface area contributed by atoms with Gasteiger partial charge in [-0.1, -0.05) is 6.07 Å². The van der Waals surface area contributed by atoms with Crippen molar-refractivity contribution in [3.63, 3.8) is 0 Å². The summed E-state index contributed by atoms with van der Waals surface area (Å²) in [5, 5.41) is 8.46. The van der Waals surface area contributed by atoms with Gasteiger partial charge >= 0.3 is 5.97 Å². The molecule has 1 fully saturated rings. The maximum atomic E-state index is 12.8. The first-order chi connectivity index (χ1) is 11.8. The monoisotopic (exact) mass is 366 g/mol. The predicted molar refractivity (Wildman–Crippen MR) is 90.3 cm³/mol. The number of hydrogen-bond acceptors (Lipinski definition) is 6. The fraction of sp³-hybridized carbons (Fsp3) is 0.529. The molecule has 0 amide bonds. The van der Waals surface area contributed by atoms with E-state index >= 15 is 0 Å². The number of esters is 1. The van der Waals surface area contributed by atoms with Crippen LogP contribution in [0.4, 0.5) is 0 Å². The van der Waals surface area contributed by atoms with Crippen LogP contribution in [0, 0.1) is 11.3 Å². The van der Waals surface area contributed by atoms with Crippen LogP contribution >= 0.6 is 0 Å². The van der Waals surface area contributed by atoms with Crippen molar-refractivity contribution in [1.82, 2.24) is 4.31 Å². The fourth-order valence-electron chi connectivity index (χ4n) is 2.66. The molecule has 136 valence electrons. The Morgan fingerprint density at radius 1 is 1.36 bits per heavy atom. The third-order valence-electron chi connectivity index (χ3n) is 3.76. The molecule has 1 heterocycles. The Hall–Kier alpha value is -1.95. The van der Waals surface area contributed by atoms with Gasteiger partial charge in [-0.15, -0.1) is 0 Å². The van der Waals surface area contributed by atoms with Crippen LogP contribution < -0.4 is 0 Å². The Bertz CT molecular complexity index is 747. The van der Waals surface area contributed by atoms with Gasteiger partial charge in [0.1, 0.15) is 0 Å². The van der Waals surface area contributed by atoms with Crippen LogP contribution in [0.15, 0.2) is 29.2 Å². The van der Waals surface area contributed by atoms with E-state index < -0.39 is 16.0 Å². The number of nitriles is 1. The van der Waals surface area contributed by atoms with Crippen LogP contribution in [0.3, 0.4) is 0 Å². The van der Waals surface area contributed by atoms with E-state index in [2.05, 4.69) is 0 Å². The molecule has 0 aromatic heterocycles. The number of ether oxygens (including phenoxy) is 2. The first-order valence-corrected chi connectivity index (χ1v) is 9.58. The molecule has 1 aliphatic rings. The summed E-state index contributed by atoms with van der Waals surface area (Å²) in [6, 6.07) is 7.79. The number of rotatable bonds is 6. The smallest absolute Gasteiger partial charge is 0.338 e. The molecule has 0 aliphatic carbocycles. The lowest BCUT2D eigenvalue weighted by Crippen LogP contribution is -2.48. The maximum Gasteiger partial charge on any atom is 0.338 e. The summed E-state index contributed by atoms with van der Waals surface area (Å²) in [7, 11) is -3.71. The summed E-state index contributed by atoms with van der Waals surface area (Å²) >= 11 is 0. The molecule has 0 bridgehead atoms. The number of hydrogen-bond donors (Lipinski definition) is 0. The van der Waals surface area contributed by atoms with Crippen LogP contribution in [0.2, 0.25) is 0 Å². The topological polar surface area (TPSA) is 96.7 Å². The molecule has 2 rings (SSSR count). The molecule has 7 nitrogen and oxygen atoms in total. The van der Waals surface area contributed by atoms with Crippen molar-refractivity contribution in [3.8, 4) is 6.07 Å². The molecule has 8 heteroatoms. The van der Waals surface area contributed by atoms with Gasteiger partial charge < -0.3 is 9.47 Å². The molecule has 25 heavy (non-hydrogen) atoms. The summed E-state index contributed by atoms with van der Waals surface area (Å²) in [6.07, 6.45) is 0.373. The number of carbonyl (C=O) groups excluding carboxylic acids is 1. The molecule has 0 spiro atoms. The average Bonchev–Trinajstić information content (AvgIpc) is 2.58. The Morgan fingerprint density at radius 2 is 2.04 bits per heavy atom. The summed E-state index contributed by atoms with van der Waals surface area (Å²) < 4.78 is 37.7. The standard InChI is InChI=1S/C17H22N2O5S/c1-13-11-19(12-14(2)24-13)25(21,22)16-7-5-6-15(10-16)17(20)23-9-4-3-8-18/h5-7,10,13-14H,3-4,9,11-12H2,1-2H3. The number of benzene rings is 1. The van der Waals surface area contributed by atoms with Crippen molar-refractivity contribution >= 4 is 16.0 Å². The van der Waals surface area contributed by atoms with Crippen LogP contribution in [-0.2, 0) is 19.5 Å². The Balaban J connectivity index is 2.14. The van der Waals surface area contributed by atoms with Crippen molar-refractivity contribution in [1.29, 1.82) is 5.26 Å². The molecule has 0 N–H and O–H groups in total. The second kappa shape index (κ2) is 8.43. The number of nitrogens with zero attached hydrogens (tertiary/aromatic N) is 2. The zero-order chi connectivity index (χ0) is 18.4. The highest BCUT2D eigenvalue weighted by Crippen LogP contribution is 2.22. The number of unbranched alkanes of at least 4 members (excludes halogenated alkanes) is 1. The largest absolute Gasteiger partial charge is 0.462 e. The van der Waals surface area contributed by atoms with Gasteiger partial charge in [0.15, 0.2) is 0 Å². The quantitative estimate of drug-likeness (QED) is 0.564. The van der Waals surface area contributed by atoms with Crippen LogP contribution in [0.25, 0.3) is 0 Å². The van der Waals surface area contributed by atoms with Gasteiger partial charge in [0, 0.05) is 19.5 Å². The van der Waals surface area contributed by atoms with Crippen molar-refractivity contribution in [2.75, 3.05) is 19.7 Å². The van der Waals surface area contributed by atoms with E-state index in [-0.39, 0.29) is 42.4 Å². The summed E-state index contributed by atoms with van der Waals surface area (Å²) in [5.74, 6) is -0.598. The molecular formula is C17H22N2O5S. The molecule has 1 aromatic rings. The number of morpholine rings is 1. The molecule has 1 aliphatic heterocycles. The Morgan fingerprint density at radius 3 is 2.68 bits per heavy atom. The lowest BCUT2D eigenvalue weighted by Gasteiger charge is -2.34. The minimum absolute atomic E-state index is 0.0558. The Labute approximate surface area is 148 Å². The number of carbonyl (C=O) groups is 1.